The van der Waals surface area contributed by atoms with Gasteiger partial charge in [0.15, 0.2) is 0 Å². The molecule has 186 valence electrons. The summed E-state index contributed by atoms with van der Waals surface area (Å²) in [5.74, 6) is 0. The van der Waals surface area contributed by atoms with Crippen molar-refractivity contribution in [1.29, 1.82) is 5.26 Å². The fourth-order valence-corrected chi connectivity index (χ4v) is 4.99. The minimum atomic E-state index is -0.260. The molecule has 37 heavy (non-hydrogen) atoms. The van der Waals surface area contributed by atoms with Crippen molar-refractivity contribution in [2.45, 2.75) is 19.5 Å². The summed E-state index contributed by atoms with van der Waals surface area (Å²) in [7, 11) is 0. The first kappa shape index (κ1) is 24.8. The molecule has 0 aliphatic carbocycles. The summed E-state index contributed by atoms with van der Waals surface area (Å²) in [5, 5.41) is 14.3. The van der Waals surface area contributed by atoms with Crippen LogP contribution in [0.4, 0.5) is 4.79 Å². The van der Waals surface area contributed by atoms with Gasteiger partial charge in [-0.25, -0.2) is 4.79 Å². The van der Waals surface area contributed by atoms with Crippen molar-refractivity contribution in [3.8, 4) is 6.07 Å². The van der Waals surface area contributed by atoms with Gasteiger partial charge >= 0.3 is 6.03 Å². The van der Waals surface area contributed by atoms with Gasteiger partial charge in [-0.15, -0.1) is 0 Å². The number of carbonyl (C=O) groups excluding carboxylic acids is 1. The third kappa shape index (κ3) is 5.32. The van der Waals surface area contributed by atoms with E-state index in [9.17, 15) is 14.9 Å². The minimum Gasteiger partial charge on any atom is -0.333 e. The van der Waals surface area contributed by atoms with Crippen molar-refractivity contribution in [2.24, 2.45) is 0 Å². The molecule has 9 heteroatoms. The molecule has 0 spiro atoms. The SMILES string of the molecule is N#Cc1ccc2c(c1)c1c(n2C(=O)NCc2cc[nH]c(=O)c2)CCN(CC=Cc2ccc(Cl)c(Cl)c2)C1. The molecule has 1 aliphatic rings. The summed E-state index contributed by atoms with van der Waals surface area (Å²) in [5.41, 5.74) is 4.78. The van der Waals surface area contributed by atoms with E-state index >= 15 is 0 Å². The van der Waals surface area contributed by atoms with E-state index in [1.807, 2.05) is 30.3 Å². The molecule has 5 rings (SSSR count). The van der Waals surface area contributed by atoms with E-state index in [1.165, 1.54) is 6.07 Å². The highest BCUT2D eigenvalue weighted by Crippen LogP contribution is 2.32. The zero-order chi connectivity index (χ0) is 25.9. The Balaban J connectivity index is 1.39. The van der Waals surface area contributed by atoms with Crippen LogP contribution in [0.3, 0.4) is 0 Å². The summed E-state index contributed by atoms with van der Waals surface area (Å²) >= 11 is 12.1. The fraction of sp³-hybridized carbons (Fsp3) is 0.179. The van der Waals surface area contributed by atoms with Crippen LogP contribution in [0.15, 0.2) is 65.6 Å². The highest BCUT2D eigenvalue weighted by molar-refractivity contribution is 6.42. The summed E-state index contributed by atoms with van der Waals surface area (Å²) in [6, 6.07) is 16.1. The number of nitrogens with one attached hydrogen (secondary N) is 2. The van der Waals surface area contributed by atoms with Crippen LogP contribution in [0.5, 0.6) is 0 Å². The average Bonchev–Trinajstić information content (AvgIpc) is 3.22. The Bertz CT molecular complexity index is 1630. The molecule has 7 nitrogen and oxygen atoms in total. The number of aromatic amines is 1. The number of halogens is 2. The Hall–Kier alpha value is -3.83. The second-order valence-electron chi connectivity index (χ2n) is 8.89. The second kappa shape index (κ2) is 10.7. The lowest BCUT2D eigenvalue weighted by molar-refractivity contribution is 0.240. The number of pyridine rings is 1. The van der Waals surface area contributed by atoms with Crippen molar-refractivity contribution >= 4 is 46.2 Å². The molecule has 1 amide bonds. The van der Waals surface area contributed by atoms with Gasteiger partial charge < -0.3 is 10.3 Å². The van der Waals surface area contributed by atoms with Crippen LogP contribution in [-0.4, -0.2) is 33.6 Å². The van der Waals surface area contributed by atoms with Crippen LogP contribution >= 0.6 is 23.2 Å². The van der Waals surface area contributed by atoms with Gasteiger partial charge in [0.05, 0.1) is 27.2 Å². The number of fused-ring (bicyclic) bond motifs is 3. The Labute approximate surface area is 223 Å². The molecule has 0 bridgehead atoms. The molecule has 2 aromatic heterocycles. The summed E-state index contributed by atoms with van der Waals surface area (Å²) in [6.07, 6.45) is 6.34. The van der Waals surface area contributed by atoms with E-state index in [-0.39, 0.29) is 18.1 Å². The highest BCUT2D eigenvalue weighted by Gasteiger charge is 2.26. The first-order chi connectivity index (χ1) is 17.9. The predicted octanol–water partition coefficient (Wildman–Crippen LogP) is 5.34. The van der Waals surface area contributed by atoms with Crippen molar-refractivity contribution in [1.82, 2.24) is 19.8 Å². The zero-order valence-electron chi connectivity index (χ0n) is 19.8. The van der Waals surface area contributed by atoms with Crippen molar-refractivity contribution < 1.29 is 4.79 Å². The van der Waals surface area contributed by atoms with Gasteiger partial charge in [-0.05, 0) is 53.1 Å². The van der Waals surface area contributed by atoms with Crippen molar-refractivity contribution in [2.75, 3.05) is 13.1 Å². The summed E-state index contributed by atoms with van der Waals surface area (Å²) in [6.45, 7) is 2.39. The average molecular weight is 532 g/mol. The molecule has 0 fully saturated rings. The lowest BCUT2D eigenvalue weighted by atomic mass is 10.0. The number of nitrogens with zero attached hydrogens (tertiary/aromatic N) is 3. The maximum Gasteiger partial charge on any atom is 0.326 e. The minimum absolute atomic E-state index is 0.215. The maximum atomic E-state index is 13.3. The molecule has 2 N–H and O–H groups in total. The van der Waals surface area contributed by atoms with Gasteiger partial charge in [0, 0.05) is 55.9 Å². The Morgan fingerprint density at radius 2 is 2.00 bits per heavy atom. The first-order valence-corrected chi connectivity index (χ1v) is 12.5. The molecule has 3 heterocycles. The fourth-order valence-electron chi connectivity index (χ4n) is 4.68. The van der Waals surface area contributed by atoms with Crippen molar-refractivity contribution in [3.05, 3.63) is 109 Å². The van der Waals surface area contributed by atoms with Gasteiger partial charge in [0.2, 0.25) is 5.56 Å². The molecule has 0 saturated carbocycles. The van der Waals surface area contributed by atoms with Crippen LogP contribution in [0.1, 0.15) is 27.9 Å². The number of benzene rings is 2. The molecule has 0 atom stereocenters. The normalized spacial score (nSPS) is 13.5. The molecule has 0 unspecified atom stereocenters. The lowest BCUT2D eigenvalue weighted by Gasteiger charge is -2.27. The number of hydrogen-bond donors (Lipinski definition) is 2. The standard InChI is InChI=1S/C28H23Cl2N5O2/c29-23-5-3-18(13-24(23)30)2-1-10-34-11-8-26-22(17-34)21-12-19(15-31)4-6-25(21)35(26)28(37)33-16-20-7-9-32-27(36)14-20/h1-7,9,12-14H,8,10-11,16-17H2,(H,32,36)(H,33,37). The third-order valence-electron chi connectivity index (χ3n) is 6.46. The Morgan fingerprint density at radius 3 is 2.78 bits per heavy atom. The third-order valence-corrected chi connectivity index (χ3v) is 7.20. The molecule has 4 aromatic rings. The maximum absolute atomic E-state index is 13.3. The van der Waals surface area contributed by atoms with E-state index in [2.05, 4.69) is 27.3 Å². The molecule has 0 radical (unpaired) electrons. The van der Waals surface area contributed by atoms with Crippen LogP contribution in [0, 0.1) is 11.3 Å². The van der Waals surface area contributed by atoms with Crippen molar-refractivity contribution in [3.63, 3.8) is 0 Å². The molecular weight excluding hydrogens is 509 g/mol. The van der Waals surface area contributed by atoms with Gasteiger partial charge in [-0.3, -0.25) is 14.3 Å². The Morgan fingerprint density at radius 1 is 1.14 bits per heavy atom. The molecular formula is C28H23Cl2N5O2. The number of hydrogen-bond acceptors (Lipinski definition) is 4. The molecule has 1 aliphatic heterocycles. The molecule has 0 saturated heterocycles. The monoisotopic (exact) mass is 531 g/mol. The smallest absolute Gasteiger partial charge is 0.326 e. The molecule has 2 aromatic carbocycles. The number of rotatable bonds is 5. The van der Waals surface area contributed by atoms with Crippen LogP contribution in [0.25, 0.3) is 17.0 Å². The zero-order valence-corrected chi connectivity index (χ0v) is 21.3. The van der Waals surface area contributed by atoms with Crippen LogP contribution in [-0.2, 0) is 19.5 Å². The van der Waals surface area contributed by atoms with Gasteiger partial charge in [0.1, 0.15) is 0 Å². The Kier molecular flexibility index (Phi) is 7.15. The van der Waals surface area contributed by atoms with Gasteiger partial charge in [0.25, 0.3) is 0 Å². The van der Waals surface area contributed by atoms with E-state index in [1.54, 1.807) is 29.0 Å². The van der Waals surface area contributed by atoms with E-state index in [0.717, 1.165) is 40.8 Å². The first-order valence-electron chi connectivity index (χ1n) is 11.8. The van der Waals surface area contributed by atoms with E-state index in [0.29, 0.717) is 34.1 Å². The van der Waals surface area contributed by atoms with Crippen LogP contribution < -0.4 is 10.9 Å². The number of nitriles is 1. The lowest BCUT2D eigenvalue weighted by Crippen LogP contribution is -2.34. The second-order valence-corrected chi connectivity index (χ2v) is 9.70. The quantitative estimate of drug-likeness (QED) is 0.363. The number of carbonyl (C=O) groups is 1. The summed E-state index contributed by atoms with van der Waals surface area (Å²) < 4.78 is 1.71. The van der Waals surface area contributed by atoms with Crippen LogP contribution in [0.2, 0.25) is 10.0 Å². The summed E-state index contributed by atoms with van der Waals surface area (Å²) in [4.78, 5) is 29.8. The largest absolute Gasteiger partial charge is 0.333 e. The number of amides is 1. The van der Waals surface area contributed by atoms with E-state index < -0.39 is 0 Å². The van der Waals surface area contributed by atoms with E-state index in [4.69, 9.17) is 23.2 Å². The predicted molar refractivity (Wildman–Crippen MR) is 146 cm³/mol. The number of H-pyrrole nitrogens is 1. The van der Waals surface area contributed by atoms with Gasteiger partial charge in [-0.2, -0.15) is 5.26 Å². The number of aromatic nitrogens is 2. The van der Waals surface area contributed by atoms with Gasteiger partial charge in [-0.1, -0.05) is 41.4 Å². The highest BCUT2D eigenvalue weighted by atomic mass is 35.5. The topological polar surface area (TPSA) is 93.9 Å².